The van der Waals surface area contributed by atoms with E-state index in [1.165, 1.54) is 7.05 Å². The van der Waals surface area contributed by atoms with Crippen molar-refractivity contribution in [2.24, 2.45) is 0 Å². The van der Waals surface area contributed by atoms with Crippen LogP contribution in [-0.2, 0) is 0 Å². The van der Waals surface area contributed by atoms with Gasteiger partial charge >= 0.3 is 6.03 Å². The van der Waals surface area contributed by atoms with E-state index in [0.29, 0.717) is 15.7 Å². The van der Waals surface area contributed by atoms with Gasteiger partial charge in [-0.3, -0.25) is 0 Å². The molecule has 5 heteroatoms. The topological polar surface area (TPSA) is 41.1 Å². The van der Waals surface area contributed by atoms with Gasteiger partial charge in [0.25, 0.3) is 0 Å². The molecule has 0 radical (unpaired) electrons. The predicted octanol–water partition coefficient (Wildman–Crippen LogP) is 3.05. The minimum atomic E-state index is -0.348. The quantitative estimate of drug-likeness (QED) is 0.768. The lowest BCUT2D eigenvalue weighted by Gasteiger charge is -2.10. The molecule has 0 fully saturated rings. The maximum Gasteiger partial charge on any atom is 0.319 e. The van der Waals surface area contributed by atoms with Crippen LogP contribution in [0.15, 0.2) is 12.1 Å². The first-order chi connectivity index (χ1) is 6.56. The van der Waals surface area contributed by atoms with Crippen LogP contribution >= 0.6 is 23.2 Å². The summed E-state index contributed by atoms with van der Waals surface area (Å²) in [4.78, 5) is 11.1. The van der Waals surface area contributed by atoms with Crippen LogP contribution in [0.4, 0.5) is 10.5 Å². The fourth-order valence-corrected chi connectivity index (χ4v) is 1.41. The van der Waals surface area contributed by atoms with Gasteiger partial charge in [-0.25, -0.2) is 4.79 Å². The zero-order valence-electron chi connectivity index (χ0n) is 7.82. The van der Waals surface area contributed by atoms with Crippen LogP contribution in [0, 0.1) is 6.92 Å². The standard InChI is InChI=1S/C9H10Cl2N2O/c1-5-3-4-6(10)8(7(5)11)13-9(14)12-2/h3-4H,1-2H3,(H2,12,13,14). The monoisotopic (exact) mass is 232 g/mol. The molecular weight excluding hydrogens is 223 g/mol. The fourth-order valence-electron chi connectivity index (χ4n) is 0.947. The van der Waals surface area contributed by atoms with Gasteiger partial charge in [0.15, 0.2) is 0 Å². The van der Waals surface area contributed by atoms with E-state index in [1.54, 1.807) is 12.1 Å². The van der Waals surface area contributed by atoms with Gasteiger partial charge in [-0.15, -0.1) is 0 Å². The highest BCUT2D eigenvalue weighted by atomic mass is 35.5. The Hall–Kier alpha value is -0.930. The van der Waals surface area contributed by atoms with Gasteiger partial charge in [-0.2, -0.15) is 0 Å². The third-order valence-corrected chi connectivity index (χ3v) is 2.55. The molecule has 2 N–H and O–H groups in total. The molecule has 0 aromatic heterocycles. The molecule has 0 spiro atoms. The number of anilines is 1. The number of carbonyl (C=O) groups is 1. The molecule has 2 amide bonds. The third kappa shape index (κ3) is 2.30. The lowest BCUT2D eigenvalue weighted by Crippen LogP contribution is -2.24. The normalized spacial score (nSPS) is 9.71. The second kappa shape index (κ2) is 4.53. The number of aryl methyl sites for hydroxylation is 1. The van der Waals surface area contributed by atoms with Crippen molar-refractivity contribution in [1.82, 2.24) is 5.32 Å². The summed E-state index contributed by atoms with van der Waals surface area (Å²) in [6.07, 6.45) is 0. The van der Waals surface area contributed by atoms with E-state index in [1.807, 2.05) is 6.92 Å². The molecule has 0 aliphatic heterocycles. The van der Waals surface area contributed by atoms with Gasteiger partial charge in [0.05, 0.1) is 15.7 Å². The first-order valence-electron chi connectivity index (χ1n) is 3.99. The van der Waals surface area contributed by atoms with Gasteiger partial charge in [-0.05, 0) is 18.6 Å². The molecular formula is C9H10Cl2N2O. The molecule has 0 heterocycles. The van der Waals surface area contributed by atoms with Crippen molar-refractivity contribution < 1.29 is 4.79 Å². The molecule has 1 aromatic rings. The van der Waals surface area contributed by atoms with Crippen LogP contribution in [0.5, 0.6) is 0 Å². The number of amides is 2. The highest BCUT2D eigenvalue weighted by molar-refractivity contribution is 6.40. The Bertz CT molecular complexity index is 366. The van der Waals surface area contributed by atoms with Crippen molar-refractivity contribution in [3.05, 3.63) is 27.7 Å². The number of hydrogen-bond donors (Lipinski definition) is 2. The Balaban J connectivity index is 3.06. The zero-order valence-corrected chi connectivity index (χ0v) is 9.33. The second-order valence-corrected chi connectivity index (χ2v) is 3.54. The van der Waals surface area contributed by atoms with Gasteiger partial charge in [0.1, 0.15) is 0 Å². The summed E-state index contributed by atoms with van der Waals surface area (Å²) in [6.45, 7) is 1.84. The average molecular weight is 233 g/mol. The summed E-state index contributed by atoms with van der Waals surface area (Å²) in [5.41, 5.74) is 1.30. The third-order valence-electron chi connectivity index (χ3n) is 1.75. The van der Waals surface area contributed by atoms with E-state index in [-0.39, 0.29) is 6.03 Å². The van der Waals surface area contributed by atoms with Crippen LogP contribution < -0.4 is 10.6 Å². The summed E-state index contributed by atoms with van der Waals surface area (Å²) < 4.78 is 0. The molecule has 0 saturated heterocycles. The van der Waals surface area contributed by atoms with Gasteiger partial charge in [-0.1, -0.05) is 29.3 Å². The van der Waals surface area contributed by atoms with E-state index >= 15 is 0 Å². The number of halogens is 2. The predicted molar refractivity (Wildman–Crippen MR) is 59.3 cm³/mol. The Morgan fingerprint density at radius 1 is 1.36 bits per heavy atom. The largest absolute Gasteiger partial charge is 0.341 e. The molecule has 0 bridgehead atoms. The summed E-state index contributed by atoms with van der Waals surface area (Å²) in [6, 6.07) is 3.13. The molecule has 0 saturated carbocycles. The molecule has 1 rings (SSSR count). The summed E-state index contributed by atoms with van der Waals surface area (Å²) in [5.74, 6) is 0. The Morgan fingerprint density at radius 2 is 2.00 bits per heavy atom. The van der Waals surface area contributed by atoms with Crippen molar-refractivity contribution in [2.45, 2.75) is 6.92 Å². The molecule has 0 aliphatic carbocycles. The fraction of sp³-hybridized carbons (Fsp3) is 0.222. The molecule has 3 nitrogen and oxygen atoms in total. The van der Waals surface area contributed by atoms with E-state index in [2.05, 4.69) is 10.6 Å². The summed E-state index contributed by atoms with van der Waals surface area (Å²) in [5, 5.41) is 5.85. The first-order valence-corrected chi connectivity index (χ1v) is 4.75. The minimum Gasteiger partial charge on any atom is -0.341 e. The molecule has 76 valence electrons. The Labute approximate surface area is 92.4 Å². The van der Waals surface area contributed by atoms with Crippen molar-refractivity contribution >= 4 is 34.9 Å². The van der Waals surface area contributed by atoms with Crippen molar-refractivity contribution in [3.63, 3.8) is 0 Å². The van der Waals surface area contributed by atoms with Crippen LogP contribution in [0.25, 0.3) is 0 Å². The number of carbonyl (C=O) groups excluding carboxylic acids is 1. The molecule has 0 aliphatic rings. The van der Waals surface area contributed by atoms with Gasteiger partial charge < -0.3 is 10.6 Å². The van der Waals surface area contributed by atoms with E-state index in [9.17, 15) is 4.79 Å². The maximum atomic E-state index is 11.1. The van der Waals surface area contributed by atoms with Gasteiger partial charge in [0, 0.05) is 7.05 Å². The average Bonchev–Trinajstić information content (AvgIpc) is 2.18. The van der Waals surface area contributed by atoms with Gasteiger partial charge in [0.2, 0.25) is 0 Å². The number of nitrogens with one attached hydrogen (secondary N) is 2. The highest BCUT2D eigenvalue weighted by Gasteiger charge is 2.10. The lowest BCUT2D eigenvalue weighted by molar-refractivity contribution is 0.254. The van der Waals surface area contributed by atoms with Crippen LogP contribution in [0.2, 0.25) is 10.0 Å². The summed E-state index contributed by atoms with van der Waals surface area (Å²) >= 11 is 11.8. The molecule has 0 unspecified atom stereocenters. The smallest absolute Gasteiger partial charge is 0.319 e. The minimum absolute atomic E-state index is 0.348. The number of urea groups is 1. The molecule has 1 aromatic carbocycles. The molecule has 14 heavy (non-hydrogen) atoms. The van der Waals surface area contributed by atoms with Crippen molar-refractivity contribution in [1.29, 1.82) is 0 Å². The van der Waals surface area contributed by atoms with Crippen LogP contribution in [-0.4, -0.2) is 13.1 Å². The van der Waals surface area contributed by atoms with E-state index < -0.39 is 0 Å². The number of rotatable bonds is 1. The zero-order chi connectivity index (χ0) is 10.7. The number of hydrogen-bond acceptors (Lipinski definition) is 1. The number of benzene rings is 1. The Morgan fingerprint density at radius 3 is 2.57 bits per heavy atom. The Kier molecular flexibility index (Phi) is 3.61. The second-order valence-electron chi connectivity index (χ2n) is 2.76. The van der Waals surface area contributed by atoms with E-state index in [4.69, 9.17) is 23.2 Å². The summed E-state index contributed by atoms with van der Waals surface area (Å²) in [7, 11) is 1.52. The van der Waals surface area contributed by atoms with Crippen molar-refractivity contribution in [3.8, 4) is 0 Å². The maximum absolute atomic E-state index is 11.1. The van der Waals surface area contributed by atoms with E-state index in [0.717, 1.165) is 5.56 Å². The lowest BCUT2D eigenvalue weighted by atomic mass is 10.2. The van der Waals surface area contributed by atoms with Crippen LogP contribution in [0.1, 0.15) is 5.56 Å². The van der Waals surface area contributed by atoms with Crippen molar-refractivity contribution in [2.75, 3.05) is 12.4 Å². The first kappa shape index (κ1) is 11.1. The van der Waals surface area contributed by atoms with Crippen LogP contribution in [0.3, 0.4) is 0 Å². The molecule has 0 atom stereocenters. The SMILES string of the molecule is CNC(=O)Nc1c(Cl)ccc(C)c1Cl. The highest BCUT2D eigenvalue weighted by Crippen LogP contribution is 2.32.